The number of amides is 2. The van der Waals surface area contributed by atoms with E-state index in [9.17, 15) is 9.59 Å². The van der Waals surface area contributed by atoms with Crippen molar-refractivity contribution >= 4 is 11.8 Å². The van der Waals surface area contributed by atoms with E-state index < -0.39 is 0 Å². The van der Waals surface area contributed by atoms with Gasteiger partial charge >= 0.3 is 0 Å². The minimum Gasteiger partial charge on any atom is -0.496 e. The molecule has 0 spiro atoms. The lowest BCUT2D eigenvalue weighted by atomic mass is 9.85. The van der Waals surface area contributed by atoms with Gasteiger partial charge in [-0.15, -0.1) is 0 Å². The van der Waals surface area contributed by atoms with Crippen molar-refractivity contribution < 1.29 is 14.3 Å². The minimum atomic E-state index is -0.0918. The Balaban J connectivity index is 1.42. The van der Waals surface area contributed by atoms with Crippen molar-refractivity contribution in [1.29, 1.82) is 0 Å². The van der Waals surface area contributed by atoms with Gasteiger partial charge in [0.2, 0.25) is 5.91 Å². The first-order chi connectivity index (χ1) is 13.6. The second kappa shape index (κ2) is 8.52. The average molecular weight is 386 g/mol. The van der Waals surface area contributed by atoms with E-state index in [1.165, 1.54) is 38.8 Å². The molecule has 2 amide bonds. The molecule has 0 radical (unpaired) electrons. The monoisotopic (exact) mass is 385 g/mol. The Hall–Kier alpha value is -2.08. The maximum Gasteiger partial charge on any atom is 0.254 e. The molecule has 3 fully saturated rings. The molecule has 2 aliphatic heterocycles. The van der Waals surface area contributed by atoms with Crippen molar-refractivity contribution in [3.8, 4) is 5.75 Å². The van der Waals surface area contributed by atoms with E-state index >= 15 is 0 Å². The minimum absolute atomic E-state index is 0.0724. The predicted octanol–water partition coefficient (Wildman–Crippen LogP) is 1.93. The summed E-state index contributed by atoms with van der Waals surface area (Å²) in [6.07, 6.45) is 6.34. The van der Waals surface area contributed by atoms with Crippen LogP contribution in [0.4, 0.5) is 0 Å². The Kier molecular flexibility index (Phi) is 5.85. The molecule has 2 saturated heterocycles. The highest BCUT2D eigenvalue weighted by Gasteiger charge is 2.28. The summed E-state index contributed by atoms with van der Waals surface area (Å²) in [7, 11) is 1.69. The molecule has 2 heterocycles. The smallest absolute Gasteiger partial charge is 0.254 e. The van der Waals surface area contributed by atoms with E-state index in [2.05, 4.69) is 10.2 Å². The second-order valence-corrected chi connectivity index (χ2v) is 8.52. The maximum atomic E-state index is 12.8. The first-order valence-corrected chi connectivity index (χ1v) is 10.6. The van der Waals surface area contributed by atoms with E-state index in [4.69, 9.17) is 4.74 Å². The summed E-state index contributed by atoms with van der Waals surface area (Å²) >= 11 is 0. The Morgan fingerprint density at radius 2 is 2.07 bits per heavy atom. The second-order valence-electron chi connectivity index (χ2n) is 8.52. The highest BCUT2D eigenvalue weighted by atomic mass is 16.5. The van der Waals surface area contributed by atoms with E-state index in [0.717, 1.165) is 30.2 Å². The summed E-state index contributed by atoms with van der Waals surface area (Å²) in [5.41, 5.74) is 1.75. The van der Waals surface area contributed by atoms with Gasteiger partial charge in [0.15, 0.2) is 0 Å². The van der Waals surface area contributed by atoms with Crippen LogP contribution in [0.2, 0.25) is 0 Å². The lowest BCUT2D eigenvalue weighted by molar-refractivity contribution is -0.123. The standard InChI is InChI=1S/C22H31N3O3/c1-28-20-6-5-18(22(27)25-10-8-23-21(26)15-25)12-19(20)11-17-7-9-24(14-17)13-16-3-2-4-16/h5-6,12,16-17H,2-4,7-11,13-15H2,1H3,(H,23,26). The molecular weight excluding hydrogens is 354 g/mol. The van der Waals surface area contributed by atoms with Gasteiger partial charge in [-0.3, -0.25) is 9.59 Å². The molecule has 1 aliphatic carbocycles. The summed E-state index contributed by atoms with van der Waals surface area (Å²) in [4.78, 5) is 28.7. The molecule has 1 saturated carbocycles. The summed E-state index contributed by atoms with van der Waals surface area (Å²) < 4.78 is 5.57. The van der Waals surface area contributed by atoms with E-state index in [0.29, 0.717) is 24.6 Å². The van der Waals surface area contributed by atoms with Gasteiger partial charge in [-0.05, 0) is 67.8 Å². The number of ether oxygens (including phenoxy) is 1. The molecule has 1 N–H and O–H groups in total. The zero-order valence-corrected chi connectivity index (χ0v) is 16.8. The fraction of sp³-hybridized carbons (Fsp3) is 0.636. The van der Waals surface area contributed by atoms with Crippen LogP contribution in [0.1, 0.15) is 41.6 Å². The highest BCUT2D eigenvalue weighted by molar-refractivity contribution is 5.97. The Labute approximate surface area is 167 Å². The number of carbonyl (C=O) groups is 2. The molecule has 1 unspecified atom stereocenters. The van der Waals surface area contributed by atoms with Crippen LogP contribution < -0.4 is 10.1 Å². The van der Waals surface area contributed by atoms with Crippen molar-refractivity contribution in [3.05, 3.63) is 29.3 Å². The molecule has 3 aliphatic rings. The molecule has 1 aromatic rings. The topological polar surface area (TPSA) is 61.9 Å². The van der Waals surface area contributed by atoms with Crippen molar-refractivity contribution in [3.63, 3.8) is 0 Å². The SMILES string of the molecule is COc1ccc(C(=O)N2CCNC(=O)C2)cc1CC1CCN(CC2CCC2)C1. The van der Waals surface area contributed by atoms with Crippen molar-refractivity contribution in [2.75, 3.05) is 46.4 Å². The number of likely N-dealkylation sites (tertiary alicyclic amines) is 1. The molecule has 6 nitrogen and oxygen atoms in total. The molecule has 4 rings (SSSR count). The van der Waals surface area contributed by atoms with E-state index in [1.54, 1.807) is 12.0 Å². The molecule has 1 atom stereocenters. The van der Waals surface area contributed by atoms with Crippen LogP contribution in [0.3, 0.4) is 0 Å². The van der Waals surface area contributed by atoms with Gasteiger partial charge in [0, 0.05) is 31.7 Å². The first kappa shape index (κ1) is 19.2. The zero-order valence-electron chi connectivity index (χ0n) is 16.8. The number of carbonyl (C=O) groups excluding carboxylic acids is 2. The number of hydrogen-bond donors (Lipinski definition) is 1. The van der Waals surface area contributed by atoms with E-state index in [1.807, 2.05) is 18.2 Å². The number of rotatable bonds is 6. The molecular formula is C22H31N3O3. The largest absolute Gasteiger partial charge is 0.496 e. The van der Waals surface area contributed by atoms with E-state index in [-0.39, 0.29) is 18.4 Å². The summed E-state index contributed by atoms with van der Waals surface area (Å²) in [6.45, 7) is 4.80. The fourth-order valence-electron chi connectivity index (χ4n) is 4.66. The third kappa shape index (κ3) is 4.32. The number of hydrogen-bond acceptors (Lipinski definition) is 4. The normalized spacial score (nSPS) is 23.4. The quantitative estimate of drug-likeness (QED) is 0.813. The summed E-state index contributed by atoms with van der Waals surface area (Å²) in [5, 5.41) is 2.76. The van der Waals surface area contributed by atoms with Crippen LogP contribution >= 0.6 is 0 Å². The average Bonchev–Trinajstić information content (AvgIpc) is 3.11. The van der Waals surface area contributed by atoms with Gasteiger partial charge in [-0.2, -0.15) is 0 Å². The van der Waals surface area contributed by atoms with Crippen LogP contribution in [0, 0.1) is 11.8 Å². The third-order valence-corrected chi connectivity index (χ3v) is 6.47. The Morgan fingerprint density at radius 3 is 2.79 bits per heavy atom. The molecule has 1 aromatic carbocycles. The Bertz CT molecular complexity index is 732. The van der Waals surface area contributed by atoms with Gasteiger partial charge < -0.3 is 19.9 Å². The predicted molar refractivity (Wildman–Crippen MR) is 107 cm³/mol. The van der Waals surface area contributed by atoms with Gasteiger partial charge in [-0.1, -0.05) is 6.42 Å². The van der Waals surface area contributed by atoms with Crippen LogP contribution in [0.15, 0.2) is 18.2 Å². The van der Waals surface area contributed by atoms with Crippen LogP contribution in [-0.2, 0) is 11.2 Å². The highest BCUT2D eigenvalue weighted by Crippen LogP contribution is 2.31. The van der Waals surface area contributed by atoms with Gasteiger partial charge in [0.1, 0.15) is 5.75 Å². The number of nitrogens with one attached hydrogen (secondary N) is 1. The third-order valence-electron chi connectivity index (χ3n) is 6.47. The molecule has 152 valence electrons. The first-order valence-electron chi connectivity index (χ1n) is 10.6. The number of methoxy groups -OCH3 is 1. The fourth-order valence-corrected chi connectivity index (χ4v) is 4.66. The van der Waals surface area contributed by atoms with Gasteiger partial charge in [-0.25, -0.2) is 0 Å². The van der Waals surface area contributed by atoms with Crippen LogP contribution in [0.25, 0.3) is 0 Å². The number of nitrogens with zero attached hydrogens (tertiary/aromatic N) is 2. The van der Waals surface area contributed by atoms with Crippen molar-refractivity contribution in [1.82, 2.24) is 15.1 Å². The Morgan fingerprint density at radius 1 is 1.21 bits per heavy atom. The van der Waals surface area contributed by atoms with Crippen LogP contribution in [-0.4, -0.2) is 68.0 Å². The zero-order chi connectivity index (χ0) is 19.5. The molecule has 0 aromatic heterocycles. The lowest BCUT2D eigenvalue weighted by Gasteiger charge is -2.30. The summed E-state index contributed by atoms with van der Waals surface area (Å²) in [6, 6.07) is 5.69. The van der Waals surface area contributed by atoms with Crippen molar-refractivity contribution in [2.24, 2.45) is 11.8 Å². The number of benzene rings is 1. The molecule has 28 heavy (non-hydrogen) atoms. The molecule has 0 bridgehead atoms. The molecule has 6 heteroatoms. The maximum absolute atomic E-state index is 12.8. The van der Waals surface area contributed by atoms with Gasteiger partial charge in [0.25, 0.3) is 5.91 Å². The van der Waals surface area contributed by atoms with Crippen LogP contribution in [0.5, 0.6) is 5.75 Å². The van der Waals surface area contributed by atoms with Gasteiger partial charge in [0.05, 0.1) is 13.7 Å². The van der Waals surface area contributed by atoms with Crippen molar-refractivity contribution in [2.45, 2.75) is 32.1 Å². The summed E-state index contributed by atoms with van der Waals surface area (Å²) in [5.74, 6) is 2.21. The lowest BCUT2D eigenvalue weighted by Crippen LogP contribution is -2.49. The number of piperazine rings is 1.